The first-order valence-corrected chi connectivity index (χ1v) is 8.52. The molecule has 1 aromatic carbocycles. The fourth-order valence-corrected chi connectivity index (χ4v) is 3.52. The van der Waals surface area contributed by atoms with Gasteiger partial charge >= 0.3 is 0 Å². The molecule has 3 aliphatic rings. The molecule has 0 aromatic heterocycles. The Balaban J connectivity index is 1.56. The zero-order chi connectivity index (χ0) is 19.2. The van der Waals surface area contributed by atoms with Crippen LogP contribution in [0.2, 0.25) is 0 Å². The Labute approximate surface area is 154 Å². The number of hydrogen-bond donors (Lipinski definition) is 4. The largest absolute Gasteiger partial charge is 0.394 e. The lowest BCUT2D eigenvalue weighted by Gasteiger charge is -2.32. The van der Waals surface area contributed by atoms with Crippen LogP contribution in [0.5, 0.6) is 0 Å². The molecule has 0 bridgehead atoms. The van der Waals surface area contributed by atoms with Crippen molar-refractivity contribution in [1.29, 1.82) is 0 Å². The molecule has 5 atom stereocenters. The van der Waals surface area contributed by atoms with E-state index in [2.05, 4.69) is 15.0 Å². The van der Waals surface area contributed by atoms with Crippen LogP contribution >= 0.6 is 0 Å². The van der Waals surface area contributed by atoms with Gasteiger partial charge in [0.1, 0.15) is 42.8 Å². The van der Waals surface area contributed by atoms with Crippen LogP contribution in [0.15, 0.2) is 39.2 Å². The maximum atomic E-state index is 13.1. The van der Waals surface area contributed by atoms with Gasteiger partial charge in [0.15, 0.2) is 17.7 Å². The summed E-state index contributed by atoms with van der Waals surface area (Å²) in [7, 11) is 0. The summed E-state index contributed by atoms with van der Waals surface area (Å²) in [6.07, 6.45) is -2.66. The van der Waals surface area contributed by atoms with Gasteiger partial charge in [-0.3, -0.25) is 4.99 Å². The average molecular weight is 377 g/mol. The van der Waals surface area contributed by atoms with Crippen molar-refractivity contribution in [2.45, 2.75) is 36.6 Å². The second-order valence-electron chi connectivity index (χ2n) is 6.77. The minimum absolute atomic E-state index is 0.118. The number of halogens is 1. The van der Waals surface area contributed by atoms with Gasteiger partial charge in [-0.2, -0.15) is 0 Å². The van der Waals surface area contributed by atoms with E-state index >= 15 is 0 Å². The molecule has 3 heterocycles. The Morgan fingerprint density at radius 2 is 2.00 bits per heavy atom. The van der Waals surface area contributed by atoms with Gasteiger partial charge < -0.3 is 30.7 Å². The topological polar surface area (TPSA) is 136 Å². The van der Waals surface area contributed by atoms with Crippen molar-refractivity contribution in [1.82, 2.24) is 4.90 Å². The van der Waals surface area contributed by atoms with Crippen molar-refractivity contribution < 1.29 is 24.4 Å². The van der Waals surface area contributed by atoms with Crippen molar-refractivity contribution in [2.75, 3.05) is 13.3 Å². The van der Waals surface area contributed by atoms with Crippen molar-refractivity contribution in [3.8, 4) is 0 Å². The minimum atomic E-state index is -1.23. The zero-order valence-electron chi connectivity index (χ0n) is 14.3. The average Bonchev–Trinajstić information content (AvgIpc) is 3.20. The number of aliphatic hydroxyl groups excluding tert-OH is 3. The highest BCUT2D eigenvalue weighted by molar-refractivity contribution is 6.47. The fourth-order valence-electron chi connectivity index (χ4n) is 3.52. The Bertz CT molecular complexity index is 814. The van der Waals surface area contributed by atoms with E-state index in [0.29, 0.717) is 11.5 Å². The van der Waals surface area contributed by atoms with Crippen LogP contribution in [-0.4, -0.2) is 81.6 Å². The van der Waals surface area contributed by atoms with Crippen molar-refractivity contribution in [3.63, 3.8) is 0 Å². The van der Waals surface area contributed by atoms with Crippen LogP contribution in [-0.2, 0) is 11.2 Å². The van der Waals surface area contributed by atoms with Crippen molar-refractivity contribution >= 4 is 17.9 Å². The highest BCUT2D eigenvalue weighted by atomic mass is 19.1. The molecule has 10 heteroatoms. The molecular weight excluding hydrogens is 357 g/mol. The first-order chi connectivity index (χ1) is 12.9. The minimum Gasteiger partial charge on any atom is -0.394 e. The molecule has 1 aromatic rings. The summed E-state index contributed by atoms with van der Waals surface area (Å²) in [5.74, 6) is 0.0532. The smallest absolute Gasteiger partial charge is 0.162 e. The standard InChI is InChI=1S/C17H20FN5O4/c18-10-3-1-9(2-4-10)5-17(19)14-15(20-7-22-17)23(8-21-14)16-13(26)12(25)11(6-24)27-16/h1-4,7,11-13,16,24-26H,5-6,8,19H2/t11-,12-,13-,16-,17?/m1/s1. The van der Waals surface area contributed by atoms with E-state index in [1.54, 1.807) is 17.0 Å². The molecule has 3 aliphatic heterocycles. The monoisotopic (exact) mass is 377 g/mol. The third-order valence-corrected chi connectivity index (χ3v) is 4.95. The maximum absolute atomic E-state index is 13.1. The van der Waals surface area contributed by atoms with Crippen LogP contribution in [0.1, 0.15) is 5.56 Å². The molecule has 0 aliphatic carbocycles. The number of hydrogen-bond acceptors (Lipinski definition) is 9. The second-order valence-corrected chi connectivity index (χ2v) is 6.77. The normalized spacial score (nSPS) is 35.2. The van der Waals surface area contributed by atoms with Crippen LogP contribution < -0.4 is 5.73 Å². The summed E-state index contributed by atoms with van der Waals surface area (Å²) in [5.41, 5.74) is 6.48. The fraction of sp³-hybridized carbons (Fsp3) is 0.471. The molecule has 0 amide bonds. The summed E-state index contributed by atoms with van der Waals surface area (Å²) in [4.78, 5) is 14.5. The van der Waals surface area contributed by atoms with E-state index in [-0.39, 0.29) is 18.9 Å². The predicted molar refractivity (Wildman–Crippen MR) is 94.9 cm³/mol. The number of benzene rings is 1. The molecule has 0 spiro atoms. The molecule has 27 heavy (non-hydrogen) atoms. The first kappa shape index (κ1) is 18.1. The Kier molecular flexibility index (Phi) is 4.52. The molecule has 5 N–H and O–H groups in total. The second kappa shape index (κ2) is 6.73. The number of ether oxygens (including phenoxy) is 1. The number of aliphatic hydroxyl groups is 3. The number of amidine groups is 1. The van der Waals surface area contributed by atoms with Gasteiger partial charge in [0.2, 0.25) is 0 Å². The van der Waals surface area contributed by atoms with Gasteiger partial charge in [-0.1, -0.05) is 12.1 Å². The molecule has 1 fully saturated rings. The summed E-state index contributed by atoms with van der Waals surface area (Å²) in [5, 5.41) is 29.5. The van der Waals surface area contributed by atoms with Gasteiger partial charge in [-0.25, -0.2) is 14.4 Å². The SMILES string of the molecule is NC1(Cc2ccc(F)cc2)N=CN=C2C1=NCN2[C@@H]1O[C@H](CO)[C@@H](O)[C@H]1O. The van der Waals surface area contributed by atoms with E-state index in [1.807, 2.05) is 0 Å². The Morgan fingerprint density at radius 1 is 1.26 bits per heavy atom. The zero-order valence-corrected chi connectivity index (χ0v) is 14.3. The van der Waals surface area contributed by atoms with E-state index in [1.165, 1.54) is 18.5 Å². The third-order valence-electron chi connectivity index (χ3n) is 4.95. The molecule has 144 valence electrons. The van der Waals surface area contributed by atoms with Crippen molar-refractivity contribution in [3.05, 3.63) is 35.6 Å². The van der Waals surface area contributed by atoms with Gasteiger partial charge in [0.05, 0.1) is 6.61 Å². The molecule has 0 radical (unpaired) electrons. The van der Waals surface area contributed by atoms with Crippen LogP contribution in [0.25, 0.3) is 0 Å². The number of nitrogens with two attached hydrogens (primary N) is 1. The van der Waals surface area contributed by atoms with Crippen LogP contribution in [0.4, 0.5) is 4.39 Å². The van der Waals surface area contributed by atoms with Crippen molar-refractivity contribution in [2.24, 2.45) is 20.7 Å². The summed E-state index contributed by atoms with van der Waals surface area (Å²) in [6, 6.07) is 5.96. The lowest BCUT2D eigenvalue weighted by atomic mass is 9.94. The Hall–Kier alpha value is -2.24. The van der Waals surface area contributed by atoms with E-state index < -0.39 is 36.8 Å². The molecule has 9 nitrogen and oxygen atoms in total. The molecular formula is C17H20FN5O4. The Morgan fingerprint density at radius 3 is 2.67 bits per heavy atom. The predicted octanol–water partition coefficient (Wildman–Crippen LogP) is -1.38. The highest BCUT2D eigenvalue weighted by Crippen LogP contribution is 2.29. The van der Waals surface area contributed by atoms with Gasteiger partial charge in [0.25, 0.3) is 0 Å². The van der Waals surface area contributed by atoms with E-state index in [4.69, 9.17) is 10.5 Å². The lowest BCUT2D eigenvalue weighted by Crippen LogP contribution is -2.56. The van der Waals surface area contributed by atoms with Crippen LogP contribution in [0, 0.1) is 5.82 Å². The van der Waals surface area contributed by atoms with Gasteiger partial charge in [-0.15, -0.1) is 0 Å². The maximum Gasteiger partial charge on any atom is 0.162 e. The van der Waals surface area contributed by atoms with E-state index in [0.717, 1.165) is 5.56 Å². The molecule has 0 saturated carbocycles. The van der Waals surface area contributed by atoms with Crippen LogP contribution in [0.3, 0.4) is 0 Å². The number of aliphatic imine (C=N–C) groups is 3. The summed E-state index contributed by atoms with van der Waals surface area (Å²) >= 11 is 0. The first-order valence-electron chi connectivity index (χ1n) is 8.52. The molecule has 1 saturated heterocycles. The van der Waals surface area contributed by atoms with Gasteiger partial charge in [0, 0.05) is 6.42 Å². The number of nitrogens with zero attached hydrogens (tertiary/aromatic N) is 4. The quantitative estimate of drug-likeness (QED) is 0.510. The summed E-state index contributed by atoms with van der Waals surface area (Å²) in [6.45, 7) is -0.303. The molecule has 1 unspecified atom stereocenters. The van der Waals surface area contributed by atoms with E-state index in [9.17, 15) is 19.7 Å². The van der Waals surface area contributed by atoms with Gasteiger partial charge in [-0.05, 0) is 17.7 Å². The molecule has 4 rings (SSSR count). The third kappa shape index (κ3) is 3.05. The summed E-state index contributed by atoms with van der Waals surface area (Å²) < 4.78 is 18.7. The highest BCUT2D eigenvalue weighted by Gasteiger charge is 2.50. The number of rotatable bonds is 4. The lowest BCUT2D eigenvalue weighted by molar-refractivity contribution is -0.0688. The number of fused-ring (bicyclic) bond motifs is 1.